The fourth-order valence-electron chi connectivity index (χ4n) is 9.94. The molecule has 200 valence electrons. The smallest absolute Gasteiger partial charge is 0.305 e. The molecule has 0 aromatic carbocycles. The highest BCUT2D eigenvalue weighted by Crippen LogP contribution is 2.69. The van der Waals surface area contributed by atoms with Gasteiger partial charge in [-0.1, -0.05) is 41.0 Å². The Hall–Kier alpha value is -1.10. The Morgan fingerprint density at radius 1 is 0.971 bits per heavy atom. The van der Waals surface area contributed by atoms with Crippen LogP contribution in [0.25, 0.3) is 0 Å². The van der Waals surface area contributed by atoms with E-state index in [1.165, 1.54) is 32.8 Å². The van der Waals surface area contributed by atoms with Crippen LogP contribution >= 0.6 is 0 Å². The minimum absolute atomic E-state index is 0.0127. The maximum absolute atomic E-state index is 12.0. The molecule has 0 aliphatic heterocycles. The lowest BCUT2D eigenvalue weighted by molar-refractivity contribution is -0.207. The number of hydrogen-bond acceptors (Lipinski definition) is 5. The van der Waals surface area contributed by atoms with E-state index in [-0.39, 0.29) is 40.9 Å². The number of ether oxygens (including phenoxy) is 2. The number of aliphatic hydroxyl groups excluding tert-OH is 1. The van der Waals surface area contributed by atoms with Crippen LogP contribution in [0.4, 0.5) is 0 Å². The molecule has 4 saturated carbocycles. The molecule has 0 unspecified atom stereocenters. The molecular formula is C30H50O5. The summed E-state index contributed by atoms with van der Waals surface area (Å²) in [6.45, 7) is 11.4. The molecule has 0 spiro atoms. The van der Waals surface area contributed by atoms with E-state index in [0.717, 1.165) is 32.1 Å². The molecule has 5 nitrogen and oxygen atoms in total. The van der Waals surface area contributed by atoms with Crippen LogP contribution in [0.2, 0.25) is 0 Å². The lowest BCUT2D eigenvalue weighted by Gasteiger charge is -2.64. The van der Waals surface area contributed by atoms with Crippen molar-refractivity contribution in [2.24, 2.45) is 52.3 Å². The van der Waals surface area contributed by atoms with Crippen LogP contribution in [-0.4, -0.2) is 36.4 Å². The van der Waals surface area contributed by atoms with Gasteiger partial charge in [0.1, 0.15) is 6.10 Å². The van der Waals surface area contributed by atoms with Crippen LogP contribution < -0.4 is 0 Å². The minimum Gasteiger partial charge on any atom is -0.469 e. The second kappa shape index (κ2) is 10.3. The highest BCUT2D eigenvalue weighted by atomic mass is 16.5. The van der Waals surface area contributed by atoms with E-state index in [1.807, 2.05) is 6.92 Å². The molecule has 4 aliphatic carbocycles. The maximum atomic E-state index is 12.0. The number of aliphatic hydroxyl groups is 1. The van der Waals surface area contributed by atoms with E-state index >= 15 is 0 Å². The van der Waals surface area contributed by atoms with Crippen molar-refractivity contribution in [2.75, 3.05) is 7.11 Å². The highest BCUT2D eigenvalue weighted by Gasteiger charge is 2.65. The van der Waals surface area contributed by atoms with E-state index in [4.69, 9.17) is 9.47 Å². The SMILES string of the molecule is CCC(=O)O[C@@H]1CC[C@@]2(C)[C@@H](C1)[C@@H](CC)[C@@H](O)[C@@H]1[C@@H]2CC[C@]2(C)[C@@H]([C@H](C)CCC(=O)OC)CC[C@@H]12. The van der Waals surface area contributed by atoms with Crippen LogP contribution in [0.15, 0.2) is 0 Å². The topological polar surface area (TPSA) is 72.8 Å². The molecule has 5 heteroatoms. The Bertz CT molecular complexity index is 781. The van der Waals surface area contributed by atoms with Crippen LogP contribution in [0, 0.1) is 52.3 Å². The summed E-state index contributed by atoms with van der Waals surface area (Å²) in [5, 5.41) is 12.0. The number of carbonyl (C=O) groups excluding carboxylic acids is 2. The van der Waals surface area contributed by atoms with Crippen molar-refractivity contribution in [1.82, 2.24) is 0 Å². The minimum atomic E-state index is -0.266. The molecule has 4 fully saturated rings. The first-order valence-corrected chi connectivity index (χ1v) is 14.5. The maximum Gasteiger partial charge on any atom is 0.305 e. The Balaban J connectivity index is 1.55. The van der Waals surface area contributed by atoms with Crippen LogP contribution in [-0.2, 0) is 19.1 Å². The van der Waals surface area contributed by atoms with E-state index in [9.17, 15) is 14.7 Å². The Labute approximate surface area is 213 Å². The van der Waals surface area contributed by atoms with E-state index in [2.05, 4.69) is 27.7 Å². The van der Waals surface area contributed by atoms with Gasteiger partial charge in [0.2, 0.25) is 0 Å². The van der Waals surface area contributed by atoms with Gasteiger partial charge < -0.3 is 14.6 Å². The molecule has 4 rings (SSSR count). The third-order valence-corrected chi connectivity index (χ3v) is 11.7. The summed E-state index contributed by atoms with van der Waals surface area (Å²) < 4.78 is 10.7. The Kier molecular flexibility index (Phi) is 7.96. The molecule has 0 radical (unpaired) electrons. The second-order valence-electron chi connectivity index (χ2n) is 13.0. The number of hydrogen-bond donors (Lipinski definition) is 1. The van der Waals surface area contributed by atoms with Gasteiger partial charge in [-0.15, -0.1) is 0 Å². The lowest BCUT2D eigenvalue weighted by atomic mass is 9.41. The van der Waals surface area contributed by atoms with Crippen LogP contribution in [0.5, 0.6) is 0 Å². The second-order valence-corrected chi connectivity index (χ2v) is 13.0. The van der Waals surface area contributed by atoms with Gasteiger partial charge in [0.25, 0.3) is 0 Å². The summed E-state index contributed by atoms with van der Waals surface area (Å²) in [7, 11) is 1.48. The zero-order chi connectivity index (χ0) is 25.5. The molecule has 0 aromatic rings. The number of fused-ring (bicyclic) bond motifs is 5. The first kappa shape index (κ1) is 26.9. The highest BCUT2D eigenvalue weighted by molar-refractivity contribution is 5.69. The number of rotatable bonds is 7. The van der Waals surface area contributed by atoms with Gasteiger partial charge >= 0.3 is 11.9 Å². The third kappa shape index (κ3) is 4.57. The fraction of sp³-hybridized carbons (Fsp3) is 0.933. The summed E-state index contributed by atoms with van der Waals surface area (Å²) in [6.07, 6.45) is 10.4. The fourth-order valence-corrected chi connectivity index (χ4v) is 9.94. The number of carbonyl (C=O) groups is 2. The van der Waals surface area contributed by atoms with Crippen LogP contribution in [0.1, 0.15) is 105 Å². The molecular weight excluding hydrogens is 440 g/mol. The monoisotopic (exact) mass is 490 g/mol. The van der Waals surface area contributed by atoms with Crippen molar-refractivity contribution in [3.63, 3.8) is 0 Å². The van der Waals surface area contributed by atoms with Gasteiger partial charge in [-0.05, 0) is 104 Å². The normalized spacial score (nSPS) is 45.6. The first-order chi connectivity index (χ1) is 16.6. The van der Waals surface area contributed by atoms with Crippen molar-refractivity contribution in [2.45, 2.75) is 117 Å². The van der Waals surface area contributed by atoms with Crippen LogP contribution in [0.3, 0.4) is 0 Å². The average molecular weight is 491 g/mol. The molecule has 0 saturated heterocycles. The van der Waals surface area contributed by atoms with Crippen molar-refractivity contribution < 1.29 is 24.2 Å². The molecule has 0 amide bonds. The summed E-state index contributed by atoms with van der Waals surface area (Å²) in [5.41, 5.74) is 0.461. The van der Waals surface area contributed by atoms with Crippen molar-refractivity contribution in [3.05, 3.63) is 0 Å². The zero-order valence-electron chi connectivity index (χ0n) is 23.1. The molecule has 11 atom stereocenters. The molecule has 4 aliphatic rings. The Morgan fingerprint density at radius 2 is 1.66 bits per heavy atom. The lowest BCUT2D eigenvalue weighted by Crippen LogP contribution is -2.62. The molecule has 1 N–H and O–H groups in total. The average Bonchev–Trinajstić information content (AvgIpc) is 3.20. The Morgan fingerprint density at radius 3 is 2.31 bits per heavy atom. The van der Waals surface area contributed by atoms with E-state index in [1.54, 1.807) is 0 Å². The summed E-state index contributed by atoms with van der Waals surface area (Å²) in [5.74, 6) is 3.10. The largest absolute Gasteiger partial charge is 0.469 e. The summed E-state index contributed by atoms with van der Waals surface area (Å²) in [4.78, 5) is 23.8. The van der Waals surface area contributed by atoms with Crippen molar-refractivity contribution in [3.8, 4) is 0 Å². The van der Waals surface area contributed by atoms with Crippen molar-refractivity contribution >= 4 is 11.9 Å². The van der Waals surface area contributed by atoms with E-state index in [0.29, 0.717) is 48.3 Å². The van der Waals surface area contributed by atoms with E-state index < -0.39 is 0 Å². The molecule has 35 heavy (non-hydrogen) atoms. The van der Waals surface area contributed by atoms with Gasteiger partial charge in [-0.25, -0.2) is 0 Å². The molecule has 0 heterocycles. The zero-order valence-corrected chi connectivity index (χ0v) is 23.1. The third-order valence-electron chi connectivity index (χ3n) is 11.7. The van der Waals surface area contributed by atoms with Crippen molar-refractivity contribution in [1.29, 1.82) is 0 Å². The van der Waals surface area contributed by atoms with Gasteiger partial charge in [0.15, 0.2) is 0 Å². The number of methoxy groups -OCH3 is 1. The van der Waals surface area contributed by atoms with Gasteiger partial charge in [-0.2, -0.15) is 0 Å². The molecule has 0 bridgehead atoms. The summed E-state index contributed by atoms with van der Waals surface area (Å²) in [6, 6.07) is 0. The predicted octanol–water partition coefficient (Wildman–Crippen LogP) is 6.16. The first-order valence-electron chi connectivity index (χ1n) is 14.5. The number of esters is 2. The predicted molar refractivity (Wildman–Crippen MR) is 136 cm³/mol. The van der Waals surface area contributed by atoms with Gasteiger partial charge in [-0.3, -0.25) is 9.59 Å². The standard InChI is InChI=1S/C30H50O5/c1-7-20-24-17-19(35-25(31)8-2)13-15-30(24,5)23-14-16-29(4)21(18(3)9-12-26(32)34-6)10-11-22(29)27(23)28(20)33/h18-24,27-28,33H,7-17H2,1-6H3/t18-,19-,20-,21-,22+,23+,24+,27+,28-,29-,30-/m1/s1. The van der Waals surface area contributed by atoms with Gasteiger partial charge in [0.05, 0.1) is 13.2 Å². The summed E-state index contributed by atoms with van der Waals surface area (Å²) >= 11 is 0. The molecule has 0 aromatic heterocycles. The quantitative estimate of drug-likeness (QED) is 0.433. The van der Waals surface area contributed by atoms with Gasteiger partial charge in [0, 0.05) is 12.8 Å².